The van der Waals surface area contributed by atoms with Crippen molar-refractivity contribution in [3.63, 3.8) is 0 Å². The molecule has 1 N–H and O–H groups in total. The number of aliphatic hydroxyl groups is 1. The fraction of sp³-hybridized carbons (Fsp3) is 0.714. The Labute approximate surface area is 139 Å². The number of aliphatic hydroxyl groups excluding tert-OH is 1. The molecule has 0 aliphatic heterocycles. The topological polar surface area (TPSA) is 37.3 Å². The van der Waals surface area contributed by atoms with Crippen LogP contribution in [-0.2, 0) is 4.79 Å². The first-order valence-electron chi connectivity index (χ1n) is 9.30. The number of ketones is 1. The summed E-state index contributed by atoms with van der Waals surface area (Å²) in [7, 11) is 0. The monoisotopic (exact) mass is 312 g/mol. The Morgan fingerprint density at radius 3 is 2.83 bits per heavy atom. The Bertz CT molecular complexity index is 611. The van der Waals surface area contributed by atoms with Gasteiger partial charge >= 0.3 is 0 Å². The summed E-state index contributed by atoms with van der Waals surface area (Å²) in [6.07, 6.45) is 12.2. The number of allylic oxidation sites excluding steroid dienone is 2. The van der Waals surface area contributed by atoms with Gasteiger partial charge < -0.3 is 5.11 Å². The third kappa shape index (κ3) is 2.01. The summed E-state index contributed by atoms with van der Waals surface area (Å²) >= 11 is 0. The number of rotatable bonds is 1. The minimum atomic E-state index is -0.121. The van der Waals surface area contributed by atoms with E-state index in [1.807, 2.05) is 6.08 Å². The fourth-order valence-corrected chi connectivity index (χ4v) is 6.70. The predicted molar refractivity (Wildman–Crippen MR) is 90.8 cm³/mol. The molecule has 1 unspecified atom stereocenters. The summed E-state index contributed by atoms with van der Waals surface area (Å²) in [5.41, 5.74) is 4.56. The van der Waals surface area contributed by atoms with Crippen molar-refractivity contribution in [2.45, 2.75) is 64.4 Å². The molecule has 4 aliphatic rings. The van der Waals surface area contributed by atoms with Gasteiger partial charge in [-0.05, 0) is 80.3 Å². The second kappa shape index (κ2) is 5.19. The molecule has 0 heterocycles. The van der Waals surface area contributed by atoms with E-state index in [1.165, 1.54) is 24.8 Å². The normalized spacial score (nSPS) is 48.6. The van der Waals surface area contributed by atoms with Crippen LogP contribution in [0, 0.1) is 28.6 Å². The summed E-state index contributed by atoms with van der Waals surface area (Å²) < 4.78 is 0. The van der Waals surface area contributed by atoms with Gasteiger partial charge in [0.25, 0.3) is 0 Å². The minimum Gasteiger partial charge on any atom is -0.393 e. The lowest BCUT2D eigenvalue weighted by molar-refractivity contribution is -0.117. The van der Waals surface area contributed by atoms with Gasteiger partial charge in [0.15, 0.2) is 5.78 Å². The van der Waals surface area contributed by atoms with Gasteiger partial charge in [-0.25, -0.2) is 0 Å². The maximum Gasteiger partial charge on any atom is 0.155 e. The molecule has 0 saturated heterocycles. The van der Waals surface area contributed by atoms with Crippen molar-refractivity contribution in [3.05, 3.63) is 30.0 Å². The molecule has 2 heteroatoms. The van der Waals surface area contributed by atoms with Gasteiger partial charge in [-0.2, -0.15) is 0 Å². The fourth-order valence-electron chi connectivity index (χ4n) is 6.70. The molecular weight excluding hydrogens is 284 g/mol. The van der Waals surface area contributed by atoms with Crippen LogP contribution in [0.3, 0.4) is 0 Å². The van der Waals surface area contributed by atoms with Gasteiger partial charge in [0.2, 0.25) is 0 Å². The van der Waals surface area contributed by atoms with Crippen molar-refractivity contribution in [2.75, 3.05) is 0 Å². The van der Waals surface area contributed by atoms with Crippen molar-refractivity contribution in [3.8, 4) is 0 Å². The van der Waals surface area contributed by atoms with Crippen LogP contribution in [0.5, 0.6) is 0 Å². The van der Waals surface area contributed by atoms with Crippen molar-refractivity contribution in [1.82, 2.24) is 0 Å². The number of hydrogen-bond acceptors (Lipinski definition) is 2. The molecule has 0 amide bonds. The molecule has 0 aromatic rings. The van der Waals surface area contributed by atoms with E-state index in [0.29, 0.717) is 30.0 Å². The summed E-state index contributed by atoms with van der Waals surface area (Å²) in [5, 5.41) is 10.5. The minimum absolute atomic E-state index is 0.0213. The second-order valence-corrected chi connectivity index (χ2v) is 8.58. The maximum absolute atomic E-state index is 11.9. The van der Waals surface area contributed by atoms with Gasteiger partial charge in [0.05, 0.1) is 6.10 Å². The summed E-state index contributed by atoms with van der Waals surface area (Å²) in [4.78, 5) is 11.9. The van der Waals surface area contributed by atoms with E-state index in [2.05, 4.69) is 25.3 Å². The average molecular weight is 312 g/mol. The molecule has 0 aromatic heterocycles. The van der Waals surface area contributed by atoms with Crippen LogP contribution in [0.25, 0.3) is 0 Å². The molecule has 0 spiro atoms. The Morgan fingerprint density at radius 2 is 2.04 bits per heavy atom. The smallest absolute Gasteiger partial charge is 0.155 e. The zero-order valence-electron chi connectivity index (χ0n) is 14.2. The first-order valence-corrected chi connectivity index (χ1v) is 9.30. The number of hydrogen-bond donors (Lipinski definition) is 1. The van der Waals surface area contributed by atoms with Crippen LogP contribution in [0.1, 0.15) is 58.3 Å². The largest absolute Gasteiger partial charge is 0.393 e. The highest BCUT2D eigenvalue weighted by Gasteiger charge is 2.59. The van der Waals surface area contributed by atoms with Gasteiger partial charge in [-0.1, -0.05) is 19.1 Å². The molecule has 23 heavy (non-hydrogen) atoms. The molecule has 3 saturated carbocycles. The summed E-state index contributed by atoms with van der Waals surface area (Å²) in [6.45, 7) is 6.17. The van der Waals surface area contributed by atoms with Crippen LogP contribution in [-0.4, -0.2) is 17.0 Å². The number of carbonyl (C=O) groups excluding carboxylic acids is 1. The van der Waals surface area contributed by atoms with Crippen LogP contribution in [0.15, 0.2) is 30.0 Å². The van der Waals surface area contributed by atoms with E-state index >= 15 is 0 Å². The third-order valence-electron chi connectivity index (χ3n) is 7.87. The van der Waals surface area contributed by atoms with Gasteiger partial charge in [0.1, 0.15) is 0 Å². The zero-order valence-corrected chi connectivity index (χ0v) is 14.2. The van der Waals surface area contributed by atoms with Crippen molar-refractivity contribution < 1.29 is 9.90 Å². The molecule has 2 nitrogen and oxygen atoms in total. The Kier molecular flexibility index (Phi) is 3.48. The molecule has 0 bridgehead atoms. The highest BCUT2D eigenvalue weighted by atomic mass is 16.3. The Hall–Kier alpha value is -1.11. The number of carbonyl (C=O) groups is 1. The summed E-state index contributed by atoms with van der Waals surface area (Å²) in [5.74, 6) is 2.23. The molecule has 3 fully saturated rings. The van der Waals surface area contributed by atoms with Crippen LogP contribution >= 0.6 is 0 Å². The molecule has 0 radical (unpaired) electrons. The average Bonchev–Trinajstić information content (AvgIpc) is 2.84. The molecule has 4 rings (SSSR count). The zero-order chi connectivity index (χ0) is 16.2. The molecule has 6 atom stereocenters. The Balaban J connectivity index is 1.76. The Morgan fingerprint density at radius 1 is 1.22 bits per heavy atom. The van der Waals surface area contributed by atoms with E-state index in [4.69, 9.17) is 0 Å². The second-order valence-electron chi connectivity index (χ2n) is 8.58. The van der Waals surface area contributed by atoms with Gasteiger partial charge in [-0.15, -0.1) is 5.73 Å². The molecule has 4 aliphatic carbocycles. The predicted octanol–water partition coefficient (Wildman–Crippen LogP) is 4.20. The van der Waals surface area contributed by atoms with Crippen LogP contribution in [0.4, 0.5) is 0 Å². The quantitative estimate of drug-likeness (QED) is 0.737. The first-order chi connectivity index (χ1) is 11.0. The lowest BCUT2D eigenvalue weighted by Crippen LogP contribution is -2.51. The lowest BCUT2D eigenvalue weighted by Gasteiger charge is -2.57. The highest BCUT2D eigenvalue weighted by Crippen LogP contribution is 2.65. The van der Waals surface area contributed by atoms with E-state index in [1.54, 1.807) is 0 Å². The van der Waals surface area contributed by atoms with Crippen molar-refractivity contribution in [2.24, 2.45) is 28.6 Å². The maximum atomic E-state index is 11.9. The molecule has 0 aromatic carbocycles. The summed E-state index contributed by atoms with van der Waals surface area (Å²) in [6, 6.07) is 0. The van der Waals surface area contributed by atoms with E-state index in [0.717, 1.165) is 25.7 Å². The van der Waals surface area contributed by atoms with E-state index in [9.17, 15) is 9.90 Å². The standard InChI is InChI=1S/C21H28O2/c1-3-10-21-12-8-15(22)13-14(21)4-5-16-17-6-7-19(23)20(17,2)11-9-18(16)21/h10,13,16-19,23H,1,4-9,11-12H2,2H3/t16-,17-,18-,19-,20-,21?/m0/s1. The van der Waals surface area contributed by atoms with Gasteiger partial charge in [0, 0.05) is 11.8 Å². The van der Waals surface area contributed by atoms with Crippen molar-refractivity contribution >= 4 is 5.78 Å². The van der Waals surface area contributed by atoms with Crippen LogP contribution < -0.4 is 0 Å². The van der Waals surface area contributed by atoms with E-state index in [-0.39, 0.29) is 16.9 Å². The van der Waals surface area contributed by atoms with E-state index < -0.39 is 0 Å². The van der Waals surface area contributed by atoms with Crippen molar-refractivity contribution in [1.29, 1.82) is 0 Å². The van der Waals surface area contributed by atoms with Crippen LogP contribution in [0.2, 0.25) is 0 Å². The third-order valence-corrected chi connectivity index (χ3v) is 7.87. The highest BCUT2D eigenvalue weighted by molar-refractivity contribution is 5.91. The first kappa shape index (κ1) is 15.4. The molecule has 124 valence electrons. The lowest BCUT2D eigenvalue weighted by atomic mass is 9.47. The SMILES string of the molecule is C=C=CC12CCC(=O)C=C1CC[C@@H]1[C@@H]2CC[C@]2(C)[C@@H](O)CC[C@@H]12. The molecular formula is C21H28O2. The number of fused-ring (bicyclic) bond motifs is 5. The van der Waals surface area contributed by atoms with Gasteiger partial charge in [-0.3, -0.25) is 4.79 Å².